The Morgan fingerprint density at radius 1 is 0.875 bits per heavy atom. The van der Waals surface area contributed by atoms with Gasteiger partial charge in [-0.1, -0.05) is 76.8 Å². The third-order valence-electron chi connectivity index (χ3n) is 4.02. The number of unbranched alkanes of at least 4 members (excludes halogenated alkanes) is 9. The van der Waals surface area contributed by atoms with E-state index in [1.54, 1.807) is 12.1 Å². The molecule has 6 heteroatoms. The molecule has 1 rings (SSSR count). The van der Waals surface area contributed by atoms with Gasteiger partial charge in [-0.2, -0.15) is 8.42 Å². The number of rotatable bonds is 12. The molecule has 0 heterocycles. The molecule has 0 spiro atoms. The van der Waals surface area contributed by atoms with Crippen LogP contribution in [-0.4, -0.2) is 29.2 Å². The quantitative estimate of drug-likeness (QED) is 0.323. The van der Waals surface area contributed by atoms with Gasteiger partial charge in [0.1, 0.15) is 0 Å². The summed E-state index contributed by atoms with van der Waals surface area (Å²) in [5.41, 5.74) is 0.981. The summed E-state index contributed by atoms with van der Waals surface area (Å²) >= 11 is 1.17. The molecule has 0 aromatic heterocycles. The molecular formula is C18H30AlO4S. The molecule has 1 radical (unpaired) electrons. The van der Waals surface area contributed by atoms with Crippen LogP contribution in [0.15, 0.2) is 29.2 Å². The molecule has 4 nitrogen and oxygen atoms in total. The molecule has 0 aliphatic heterocycles. The summed E-state index contributed by atoms with van der Waals surface area (Å²) in [7, 11) is -4.08. The van der Waals surface area contributed by atoms with Crippen molar-refractivity contribution in [3.05, 3.63) is 29.8 Å². The van der Waals surface area contributed by atoms with Gasteiger partial charge in [-0.15, -0.1) is 0 Å². The van der Waals surface area contributed by atoms with Crippen molar-refractivity contribution in [3.8, 4) is 0 Å². The second-order valence-electron chi connectivity index (χ2n) is 6.05. The summed E-state index contributed by atoms with van der Waals surface area (Å²) < 4.78 is 39.4. The first-order valence-electron chi connectivity index (χ1n) is 8.84. The van der Waals surface area contributed by atoms with Crippen LogP contribution in [0.4, 0.5) is 0 Å². The molecule has 0 saturated carbocycles. The molecule has 24 heavy (non-hydrogen) atoms. The SMILES string of the molecule is CCCCCCCCCCCCc1cccc(S(=O)(=O)O)c1.[O]=[Al]. The molecule has 1 aromatic rings. The number of benzene rings is 1. The predicted molar refractivity (Wildman–Crippen MR) is 98.2 cm³/mol. The molecule has 0 fully saturated rings. The molecule has 135 valence electrons. The summed E-state index contributed by atoms with van der Waals surface area (Å²) in [5, 5.41) is 0. The molecule has 0 atom stereocenters. The van der Waals surface area contributed by atoms with Crippen molar-refractivity contribution in [2.45, 2.75) is 82.4 Å². The van der Waals surface area contributed by atoms with Gasteiger partial charge in [-0.25, -0.2) is 0 Å². The van der Waals surface area contributed by atoms with Crippen molar-refractivity contribution < 1.29 is 16.8 Å². The summed E-state index contributed by atoms with van der Waals surface area (Å²) in [5.74, 6) is 0. The maximum atomic E-state index is 11.1. The van der Waals surface area contributed by atoms with Crippen molar-refractivity contribution >= 4 is 26.3 Å². The normalized spacial score (nSPS) is 10.9. The molecule has 0 bridgehead atoms. The van der Waals surface area contributed by atoms with Gasteiger partial charge in [0.2, 0.25) is 0 Å². The van der Waals surface area contributed by atoms with E-state index in [2.05, 4.69) is 6.92 Å². The second kappa shape index (κ2) is 14.8. The second-order valence-corrected chi connectivity index (χ2v) is 7.48. The summed E-state index contributed by atoms with van der Waals surface area (Å²) in [6.07, 6.45) is 13.8. The Labute approximate surface area is 155 Å². The first-order chi connectivity index (χ1) is 11.5. The standard InChI is InChI=1S/C18H30O3S.Al.O/c1-2-3-4-5-6-7-8-9-10-11-13-17-14-12-15-18(16-17)22(19,20)21;;/h12,14-16H,2-11,13H2,1H3,(H,19,20,21);;. The van der Waals surface area contributed by atoms with Gasteiger partial charge in [-0.05, 0) is 30.5 Å². The Bertz CT molecular complexity index is 532. The molecule has 0 aliphatic rings. The van der Waals surface area contributed by atoms with Crippen LogP contribution in [0.25, 0.3) is 0 Å². The van der Waals surface area contributed by atoms with Crippen molar-refractivity contribution in [3.63, 3.8) is 0 Å². The zero-order valence-corrected chi connectivity index (χ0v) is 16.7. The van der Waals surface area contributed by atoms with Crippen LogP contribution in [0.3, 0.4) is 0 Å². The minimum absolute atomic E-state index is 0.00270. The third kappa shape index (κ3) is 11.9. The van der Waals surface area contributed by atoms with Gasteiger partial charge >= 0.3 is 20.0 Å². The van der Waals surface area contributed by atoms with Crippen molar-refractivity contribution in [1.82, 2.24) is 0 Å². The summed E-state index contributed by atoms with van der Waals surface area (Å²) in [6.45, 7) is 2.24. The van der Waals surface area contributed by atoms with Gasteiger partial charge in [0.25, 0.3) is 10.1 Å². The van der Waals surface area contributed by atoms with Crippen LogP contribution in [0, 0.1) is 0 Å². The van der Waals surface area contributed by atoms with Gasteiger partial charge in [-0.3, -0.25) is 4.55 Å². The zero-order valence-electron chi connectivity index (χ0n) is 14.7. The van der Waals surface area contributed by atoms with Crippen LogP contribution in [0.1, 0.15) is 76.7 Å². The average molecular weight is 369 g/mol. The van der Waals surface area contributed by atoms with E-state index in [1.165, 1.54) is 80.1 Å². The average Bonchev–Trinajstić information content (AvgIpc) is 2.58. The monoisotopic (exact) mass is 369 g/mol. The Morgan fingerprint density at radius 2 is 1.38 bits per heavy atom. The summed E-state index contributed by atoms with van der Waals surface area (Å²) in [6, 6.07) is 6.61. The van der Waals surface area contributed by atoms with E-state index in [0.29, 0.717) is 0 Å². The Balaban J connectivity index is 0.00000254. The minimum atomic E-state index is -4.08. The van der Waals surface area contributed by atoms with E-state index in [4.69, 9.17) is 8.36 Å². The number of hydrogen-bond donors (Lipinski definition) is 1. The third-order valence-corrected chi connectivity index (χ3v) is 4.86. The maximum absolute atomic E-state index is 11.1. The number of hydrogen-bond acceptors (Lipinski definition) is 3. The fraction of sp³-hybridized carbons (Fsp3) is 0.667. The molecule has 1 N–H and O–H groups in total. The first-order valence-corrected chi connectivity index (χ1v) is 10.7. The van der Waals surface area contributed by atoms with Gasteiger partial charge < -0.3 is 0 Å². The van der Waals surface area contributed by atoms with Gasteiger partial charge in [0.15, 0.2) is 0 Å². The van der Waals surface area contributed by atoms with Crippen molar-refractivity contribution in [2.24, 2.45) is 0 Å². The Kier molecular flexibility index (Phi) is 14.4. The molecule has 0 amide bonds. The molecule has 0 unspecified atom stereocenters. The molecule has 1 aromatic carbocycles. The van der Waals surface area contributed by atoms with E-state index in [-0.39, 0.29) is 4.90 Å². The first kappa shape index (κ1) is 23.5. The van der Waals surface area contributed by atoms with Crippen LogP contribution >= 0.6 is 0 Å². The summed E-state index contributed by atoms with van der Waals surface area (Å²) in [4.78, 5) is -0.00270. The number of aryl methyl sites for hydroxylation is 1. The van der Waals surface area contributed by atoms with E-state index >= 15 is 0 Å². The fourth-order valence-electron chi connectivity index (χ4n) is 2.68. The van der Waals surface area contributed by atoms with Crippen LogP contribution in [0.5, 0.6) is 0 Å². The Morgan fingerprint density at radius 3 is 1.88 bits per heavy atom. The topological polar surface area (TPSA) is 71.4 Å². The van der Waals surface area contributed by atoms with Crippen molar-refractivity contribution in [2.75, 3.05) is 0 Å². The predicted octanol–water partition coefficient (Wildman–Crippen LogP) is 4.90. The van der Waals surface area contributed by atoms with Gasteiger partial charge in [0.05, 0.1) is 4.90 Å². The zero-order chi connectivity index (χ0) is 18.3. The molecule has 0 aliphatic carbocycles. The Hall–Kier alpha value is -0.538. The van der Waals surface area contributed by atoms with Crippen LogP contribution < -0.4 is 0 Å². The van der Waals surface area contributed by atoms with Gasteiger partial charge in [0, 0.05) is 0 Å². The fourth-order valence-corrected chi connectivity index (χ4v) is 3.23. The van der Waals surface area contributed by atoms with E-state index in [1.807, 2.05) is 6.07 Å². The van der Waals surface area contributed by atoms with E-state index in [9.17, 15) is 8.42 Å². The van der Waals surface area contributed by atoms with E-state index < -0.39 is 10.1 Å². The molecule has 0 saturated heterocycles. The van der Waals surface area contributed by atoms with Crippen molar-refractivity contribution in [1.29, 1.82) is 0 Å². The van der Waals surface area contributed by atoms with Crippen LogP contribution in [-0.2, 0) is 20.3 Å². The van der Waals surface area contributed by atoms with Crippen LogP contribution in [0.2, 0.25) is 0 Å². The van der Waals surface area contributed by atoms with E-state index in [0.717, 1.165) is 18.4 Å². The molecular weight excluding hydrogens is 339 g/mol.